The molecular formula is C16H18N4O. The molecule has 1 aromatic heterocycles. The van der Waals surface area contributed by atoms with Gasteiger partial charge in [-0.1, -0.05) is 23.4 Å². The lowest BCUT2D eigenvalue weighted by Crippen LogP contribution is -2.31. The highest BCUT2D eigenvalue weighted by molar-refractivity contribution is 5.99. The van der Waals surface area contributed by atoms with E-state index in [0.29, 0.717) is 5.69 Å². The van der Waals surface area contributed by atoms with Gasteiger partial charge in [-0.3, -0.25) is 4.79 Å². The fourth-order valence-electron chi connectivity index (χ4n) is 3.54. The number of carbonyl (C=O) groups excluding carboxylic acids is 1. The summed E-state index contributed by atoms with van der Waals surface area (Å²) in [6.07, 6.45) is 4.84. The molecule has 5 nitrogen and oxygen atoms in total. The molecule has 5 heteroatoms. The van der Waals surface area contributed by atoms with E-state index in [2.05, 4.69) is 15.6 Å². The van der Waals surface area contributed by atoms with Crippen LogP contribution in [0.15, 0.2) is 36.5 Å². The lowest BCUT2D eigenvalue weighted by Gasteiger charge is -2.23. The summed E-state index contributed by atoms with van der Waals surface area (Å²) in [4.78, 5) is 12.8. The SMILES string of the molecule is O=C(c1cnnn1-c1ccccc1)C1CC12CCNCC2. The molecule has 1 saturated heterocycles. The number of nitrogens with zero attached hydrogens (tertiary/aromatic N) is 3. The molecule has 0 bridgehead atoms. The molecule has 2 aliphatic rings. The highest BCUT2D eigenvalue weighted by Crippen LogP contribution is 2.59. The summed E-state index contributed by atoms with van der Waals surface area (Å²) < 4.78 is 1.66. The van der Waals surface area contributed by atoms with Crippen molar-refractivity contribution in [2.45, 2.75) is 19.3 Å². The Labute approximate surface area is 123 Å². The normalized spacial score (nSPS) is 23.1. The first-order valence-corrected chi connectivity index (χ1v) is 7.51. The van der Waals surface area contributed by atoms with Crippen LogP contribution in [0.25, 0.3) is 5.69 Å². The molecule has 2 fully saturated rings. The first-order chi connectivity index (χ1) is 10.3. The van der Waals surface area contributed by atoms with Crippen molar-refractivity contribution in [3.05, 3.63) is 42.2 Å². The second-order valence-corrected chi connectivity index (χ2v) is 6.10. The van der Waals surface area contributed by atoms with Crippen molar-refractivity contribution in [2.24, 2.45) is 11.3 Å². The molecule has 108 valence electrons. The summed E-state index contributed by atoms with van der Waals surface area (Å²) in [5.41, 5.74) is 1.74. The molecule has 2 aromatic rings. The maximum Gasteiger partial charge on any atom is 0.186 e. The van der Waals surface area contributed by atoms with E-state index in [0.717, 1.165) is 38.0 Å². The molecule has 21 heavy (non-hydrogen) atoms. The monoisotopic (exact) mass is 282 g/mol. The average molecular weight is 282 g/mol. The first kappa shape index (κ1) is 12.7. The Balaban J connectivity index is 1.61. The van der Waals surface area contributed by atoms with Gasteiger partial charge in [0.05, 0.1) is 11.9 Å². The minimum absolute atomic E-state index is 0.153. The number of Topliss-reactive ketones (excluding diaryl/α,β-unsaturated/α-hetero) is 1. The summed E-state index contributed by atoms with van der Waals surface area (Å²) in [5.74, 6) is 0.353. The highest BCUT2D eigenvalue weighted by Gasteiger charge is 2.58. The van der Waals surface area contributed by atoms with Crippen LogP contribution in [0.5, 0.6) is 0 Å². The number of ketones is 1. The molecule has 4 rings (SSSR count). The Kier molecular flexibility index (Phi) is 2.89. The molecule has 1 aliphatic carbocycles. The van der Waals surface area contributed by atoms with E-state index in [-0.39, 0.29) is 17.1 Å². The van der Waals surface area contributed by atoms with Crippen LogP contribution in [0.1, 0.15) is 29.8 Å². The quantitative estimate of drug-likeness (QED) is 0.873. The van der Waals surface area contributed by atoms with E-state index in [1.54, 1.807) is 10.9 Å². The van der Waals surface area contributed by atoms with E-state index in [1.165, 1.54) is 0 Å². The van der Waals surface area contributed by atoms with Crippen molar-refractivity contribution < 1.29 is 4.79 Å². The van der Waals surface area contributed by atoms with Gasteiger partial charge in [-0.15, -0.1) is 5.10 Å². The van der Waals surface area contributed by atoms with Gasteiger partial charge in [0.2, 0.25) is 0 Å². The number of para-hydroxylation sites is 1. The van der Waals surface area contributed by atoms with Crippen LogP contribution < -0.4 is 5.32 Å². The summed E-state index contributed by atoms with van der Waals surface area (Å²) in [5, 5.41) is 11.4. The van der Waals surface area contributed by atoms with Crippen LogP contribution in [-0.4, -0.2) is 33.9 Å². The lowest BCUT2D eigenvalue weighted by atomic mass is 9.90. The maximum absolute atomic E-state index is 12.8. The Morgan fingerprint density at radius 2 is 2.00 bits per heavy atom. The van der Waals surface area contributed by atoms with Crippen LogP contribution in [0, 0.1) is 11.3 Å². The molecule has 1 N–H and O–H groups in total. The van der Waals surface area contributed by atoms with Crippen LogP contribution in [0.2, 0.25) is 0 Å². The highest BCUT2D eigenvalue weighted by atomic mass is 16.1. The predicted octanol–water partition coefficient (Wildman–Crippen LogP) is 1.84. The molecule has 1 atom stereocenters. The van der Waals surface area contributed by atoms with Crippen molar-refractivity contribution in [3.63, 3.8) is 0 Å². The summed E-state index contributed by atoms with van der Waals surface area (Å²) in [6, 6.07) is 9.72. The fourth-order valence-corrected chi connectivity index (χ4v) is 3.54. The standard InChI is InChI=1S/C16H18N4O/c21-15(13-10-16(13)6-8-17-9-7-16)14-11-18-19-20(14)12-4-2-1-3-5-12/h1-5,11,13,17H,6-10H2. The molecular weight excluding hydrogens is 264 g/mol. The topological polar surface area (TPSA) is 59.8 Å². The fraction of sp³-hybridized carbons (Fsp3) is 0.438. The molecule has 0 radical (unpaired) electrons. The summed E-state index contributed by atoms with van der Waals surface area (Å²) in [6.45, 7) is 2.06. The van der Waals surface area contributed by atoms with Gasteiger partial charge in [0.15, 0.2) is 5.78 Å². The Bertz CT molecular complexity index is 658. The Morgan fingerprint density at radius 3 is 2.76 bits per heavy atom. The minimum Gasteiger partial charge on any atom is -0.317 e. The molecule has 1 saturated carbocycles. The molecule has 2 heterocycles. The summed E-state index contributed by atoms with van der Waals surface area (Å²) in [7, 11) is 0. The zero-order valence-electron chi connectivity index (χ0n) is 11.8. The van der Waals surface area contributed by atoms with Crippen LogP contribution in [-0.2, 0) is 0 Å². The van der Waals surface area contributed by atoms with Gasteiger partial charge in [-0.05, 0) is 49.9 Å². The third kappa shape index (κ3) is 2.08. The third-order valence-corrected chi connectivity index (χ3v) is 4.91. The van der Waals surface area contributed by atoms with Gasteiger partial charge in [0.1, 0.15) is 5.69 Å². The van der Waals surface area contributed by atoms with Gasteiger partial charge in [0, 0.05) is 5.92 Å². The molecule has 1 aliphatic heterocycles. The average Bonchev–Trinajstić information content (AvgIpc) is 3.01. The third-order valence-electron chi connectivity index (χ3n) is 4.91. The maximum atomic E-state index is 12.8. The minimum atomic E-state index is 0.153. The van der Waals surface area contributed by atoms with Crippen molar-refractivity contribution in [3.8, 4) is 5.69 Å². The van der Waals surface area contributed by atoms with Crippen molar-refractivity contribution in [2.75, 3.05) is 13.1 Å². The first-order valence-electron chi connectivity index (χ1n) is 7.51. The molecule has 1 aromatic carbocycles. The Morgan fingerprint density at radius 1 is 1.24 bits per heavy atom. The number of hydrogen-bond acceptors (Lipinski definition) is 4. The number of piperidine rings is 1. The summed E-state index contributed by atoms with van der Waals surface area (Å²) >= 11 is 0. The van der Waals surface area contributed by atoms with Crippen molar-refractivity contribution in [1.29, 1.82) is 0 Å². The van der Waals surface area contributed by atoms with E-state index >= 15 is 0 Å². The number of carbonyl (C=O) groups is 1. The van der Waals surface area contributed by atoms with Crippen molar-refractivity contribution >= 4 is 5.78 Å². The number of rotatable bonds is 3. The zero-order valence-corrected chi connectivity index (χ0v) is 11.8. The van der Waals surface area contributed by atoms with Crippen LogP contribution >= 0.6 is 0 Å². The second kappa shape index (κ2) is 4.77. The molecule has 1 unspecified atom stereocenters. The number of nitrogens with one attached hydrogen (secondary N) is 1. The Hall–Kier alpha value is -2.01. The van der Waals surface area contributed by atoms with Gasteiger partial charge in [0.25, 0.3) is 0 Å². The number of aromatic nitrogens is 3. The van der Waals surface area contributed by atoms with E-state index in [9.17, 15) is 4.79 Å². The van der Waals surface area contributed by atoms with E-state index < -0.39 is 0 Å². The van der Waals surface area contributed by atoms with Crippen LogP contribution in [0.4, 0.5) is 0 Å². The van der Waals surface area contributed by atoms with Gasteiger partial charge in [-0.25, -0.2) is 4.68 Å². The van der Waals surface area contributed by atoms with E-state index in [1.807, 2.05) is 30.3 Å². The largest absolute Gasteiger partial charge is 0.317 e. The molecule has 1 spiro atoms. The lowest BCUT2D eigenvalue weighted by molar-refractivity contribution is 0.0933. The second-order valence-electron chi connectivity index (χ2n) is 6.10. The van der Waals surface area contributed by atoms with Gasteiger partial charge < -0.3 is 5.32 Å². The predicted molar refractivity (Wildman–Crippen MR) is 78.3 cm³/mol. The van der Waals surface area contributed by atoms with Gasteiger partial charge in [-0.2, -0.15) is 0 Å². The van der Waals surface area contributed by atoms with Gasteiger partial charge >= 0.3 is 0 Å². The number of hydrogen-bond donors (Lipinski definition) is 1. The smallest absolute Gasteiger partial charge is 0.186 e. The number of benzene rings is 1. The van der Waals surface area contributed by atoms with Crippen molar-refractivity contribution in [1.82, 2.24) is 20.3 Å². The van der Waals surface area contributed by atoms with Crippen LogP contribution in [0.3, 0.4) is 0 Å². The zero-order chi connectivity index (χ0) is 14.3. The molecule has 0 amide bonds. The van der Waals surface area contributed by atoms with E-state index in [4.69, 9.17) is 0 Å².